The molecule has 0 unspecified atom stereocenters. The number of carbonyl (C=O) groups excluding carboxylic acids is 2. The number of likely N-dealkylation sites (tertiary alicyclic amines) is 2. The van der Waals surface area contributed by atoms with Gasteiger partial charge in [0.15, 0.2) is 0 Å². The number of hydrogen-bond acceptors (Lipinski definition) is 3. The van der Waals surface area contributed by atoms with Gasteiger partial charge in [0.05, 0.1) is 25.6 Å². The molecule has 3 fully saturated rings. The summed E-state index contributed by atoms with van der Waals surface area (Å²) in [6, 6.07) is 18.7. The Bertz CT molecular complexity index is 1040. The Morgan fingerprint density at radius 2 is 1.70 bits per heavy atom. The largest absolute Gasteiger partial charge is 0.497 e. The SMILES string of the molecule is COc1cccc(CC(=O)N2[C@H](Cc3ccccc3)[C@@H]3C[C@@]4(C)[C@H](CCC[C@@H]24)N3C(C)=O)c1. The zero-order chi connectivity index (χ0) is 23.2. The number of nitrogens with zero attached hydrogens (tertiary/aromatic N) is 2. The second-order valence-electron chi connectivity index (χ2n) is 10.3. The number of rotatable bonds is 5. The minimum atomic E-state index is -0.0359. The standard InChI is InChI=1S/C28H34N2O3/c1-19(31)29-24-18-28(2)25(29)13-8-14-26(28)30(23(24)16-20-9-5-4-6-10-20)27(32)17-21-11-7-12-22(15-21)33-3/h4-7,9-12,15,23-26H,8,13-14,16-18H2,1-3H3/t23-,24+,25+,26-,28+/m1/s1. The van der Waals surface area contributed by atoms with Crippen molar-refractivity contribution in [1.29, 1.82) is 0 Å². The lowest BCUT2D eigenvalue weighted by atomic mass is 9.64. The number of fused-ring (bicyclic) bond motifs is 1. The van der Waals surface area contributed by atoms with Gasteiger partial charge in [-0.3, -0.25) is 9.59 Å². The topological polar surface area (TPSA) is 49.9 Å². The van der Waals surface area contributed by atoms with Crippen LogP contribution in [0, 0.1) is 5.41 Å². The number of carbonyl (C=O) groups is 2. The smallest absolute Gasteiger partial charge is 0.227 e. The first-order valence-corrected chi connectivity index (χ1v) is 12.2. The van der Waals surface area contributed by atoms with Gasteiger partial charge in [0.2, 0.25) is 11.8 Å². The van der Waals surface area contributed by atoms with Crippen LogP contribution in [-0.4, -0.2) is 52.9 Å². The number of hydrogen-bond donors (Lipinski definition) is 0. The van der Waals surface area contributed by atoms with Crippen LogP contribution in [0.5, 0.6) is 5.75 Å². The van der Waals surface area contributed by atoms with Gasteiger partial charge < -0.3 is 14.5 Å². The summed E-state index contributed by atoms with van der Waals surface area (Å²) in [7, 11) is 1.65. The third-order valence-corrected chi connectivity index (χ3v) is 8.39. The molecule has 2 amide bonds. The highest BCUT2D eigenvalue weighted by Crippen LogP contribution is 2.56. The molecule has 174 valence electrons. The van der Waals surface area contributed by atoms with E-state index < -0.39 is 0 Å². The van der Waals surface area contributed by atoms with Crippen LogP contribution in [0.3, 0.4) is 0 Å². The monoisotopic (exact) mass is 446 g/mol. The average molecular weight is 447 g/mol. The Balaban J connectivity index is 1.54. The van der Waals surface area contributed by atoms with Crippen molar-refractivity contribution in [3.63, 3.8) is 0 Å². The zero-order valence-electron chi connectivity index (χ0n) is 19.9. The van der Waals surface area contributed by atoms with Crippen molar-refractivity contribution in [1.82, 2.24) is 9.80 Å². The molecule has 5 heteroatoms. The predicted octanol–water partition coefficient (Wildman–Crippen LogP) is 4.24. The van der Waals surface area contributed by atoms with Crippen LogP contribution in [0.4, 0.5) is 0 Å². The molecule has 5 atom stereocenters. The number of amides is 2. The molecule has 2 aromatic rings. The fourth-order valence-corrected chi connectivity index (χ4v) is 7.04. The Morgan fingerprint density at radius 3 is 2.39 bits per heavy atom. The van der Waals surface area contributed by atoms with Gasteiger partial charge in [-0.25, -0.2) is 0 Å². The normalized spacial score (nSPS) is 30.3. The van der Waals surface area contributed by atoms with Gasteiger partial charge in [-0.05, 0) is 55.4 Å². The van der Waals surface area contributed by atoms with Gasteiger partial charge in [0.25, 0.3) is 0 Å². The minimum Gasteiger partial charge on any atom is -0.497 e. The summed E-state index contributed by atoms with van der Waals surface area (Å²) in [5.74, 6) is 1.08. The first-order valence-electron chi connectivity index (χ1n) is 12.2. The maximum Gasteiger partial charge on any atom is 0.227 e. The van der Waals surface area contributed by atoms with Gasteiger partial charge in [0.1, 0.15) is 5.75 Å². The summed E-state index contributed by atoms with van der Waals surface area (Å²) in [4.78, 5) is 31.2. The van der Waals surface area contributed by atoms with Crippen molar-refractivity contribution in [3.05, 3.63) is 65.7 Å². The van der Waals surface area contributed by atoms with E-state index in [9.17, 15) is 9.59 Å². The predicted molar refractivity (Wildman–Crippen MR) is 128 cm³/mol. The van der Waals surface area contributed by atoms with E-state index in [1.54, 1.807) is 14.0 Å². The van der Waals surface area contributed by atoms with Crippen molar-refractivity contribution in [2.75, 3.05) is 7.11 Å². The Hall–Kier alpha value is -2.82. The van der Waals surface area contributed by atoms with Gasteiger partial charge in [-0.15, -0.1) is 0 Å². The second kappa shape index (κ2) is 8.51. The Morgan fingerprint density at radius 1 is 1.00 bits per heavy atom. The van der Waals surface area contributed by atoms with Crippen LogP contribution in [-0.2, 0) is 22.4 Å². The molecule has 0 spiro atoms. The Kier molecular flexibility index (Phi) is 5.67. The van der Waals surface area contributed by atoms with Gasteiger partial charge in [0, 0.05) is 24.4 Å². The second-order valence-corrected chi connectivity index (χ2v) is 10.3. The molecule has 3 aliphatic rings. The molecule has 2 aliphatic heterocycles. The van der Waals surface area contributed by atoms with Gasteiger partial charge >= 0.3 is 0 Å². The van der Waals surface area contributed by atoms with E-state index in [1.165, 1.54) is 5.56 Å². The van der Waals surface area contributed by atoms with Crippen molar-refractivity contribution < 1.29 is 14.3 Å². The number of methoxy groups -OCH3 is 1. The molecule has 1 saturated carbocycles. The summed E-state index contributed by atoms with van der Waals surface area (Å²) in [6.45, 7) is 4.03. The van der Waals surface area contributed by atoms with Crippen molar-refractivity contribution in [3.8, 4) is 5.75 Å². The highest BCUT2D eigenvalue weighted by atomic mass is 16.5. The summed E-state index contributed by atoms with van der Waals surface area (Å²) in [6.07, 6.45) is 5.23. The molecule has 5 nitrogen and oxygen atoms in total. The lowest BCUT2D eigenvalue weighted by Gasteiger charge is -2.53. The van der Waals surface area contributed by atoms with Crippen LogP contribution in [0.15, 0.2) is 54.6 Å². The molecular formula is C28H34N2O3. The van der Waals surface area contributed by atoms with Crippen molar-refractivity contribution in [2.45, 2.75) is 76.5 Å². The molecule has 0 aromatic heterocycles. The van der Waals surface area contributed by atoms with Crippen LogP contribution in [0.1, 0.15) is 50.7 Å². The quantitative estimate of drug-likeness (QED) is 0.690. The highest BCUT2D eigenvalue weighted by molar-refractivity contribution is 5.81. The maximum atomic E-state index is 14.0. The third-order valence-electron chi connectivity index (χ3n) is 8.39. The summed E-state index contributed by atoms with van der Waals surface area (Å²) < 4.78 is 5.38. The lowest BCUT2D eigenvalue weighted by molar-refractivity contribution is -0.144. The molecular weight excluding hydrogens is 412 g/mol. The molecule has 2 heterocycles. The molecule has 2 bridgehead atoms. The van der Waals surface area contributed by atoms with E-state index in [0.29, 0.717) is 6.42 Å². The first-order chi connectivity index (χ1) is 15.9. The van der Waals surface area contributed by atoms with E-state index >= 15 is 0 Å². The zero-order valence-corrected chi connectivity index (χ0v) is 19.9. The van der Waals surface area contributed by atoms with E-state index in [2.05, 4.69) is 41.0 Å². The van der Waals surface area contributed by atoms with E-state index in [0.717, 1.165) is 43.4 Å². The Labute approximate surface area is 196 Å². The summed E-state index contributed by atoms with van der Waals surface area (Å²) in [5, 5.41) is 0. The van der Waals surface area contributed by atoms with Crippen molar-refractivity contribution in [2.24, 2.45) is 5.41 Å². The maximum absolute atomic E-state index is 14.0. The van der Waals surface area contributed by atoms with Crippen LogP contribution >= 0.6 is 0 Å². The third kappa shape index (κ3) is 3.71. The number of benzene rings is 2. The van der Waals surface area contributed by atoms with E-state index in [1.807, 2.05) is 30.3 Å². The van der Waals surface area contributed by atoms with Crippen LogP contribution < -0.4 is 4.74 Å². The highest BCUT2D eigenvalue weighted by Gasteiger charge is 2.64. The summed E-state index contributed by atoms with van der Waals surface area (Å²) >= 11 is 0. The average Bonchev–Trinajstić information content (AvgIpc) is 3.12. The summed E-state index contributed by atoms with van der Waals surface area (Å²) in [5.41, 5.74) is 2.15. The van der Waals surface area contributed by atoms with E-state index in [-0.39, 0.29) is 41.4 Å². The van der Waals surface area contributed by atoms with Gasteiger partial charge in [-0.1, -0.05) is 49.4 Å². The minimum absolute atomic E-state index is 0.00409. The molecule has 2 aromatic carbocycles. The molecule has 1 aliphatic carbocycles. The van der Waals surface area contributed by atoms with Crippen LogP contribution in [0.25, 0.3) is 0 Å². The van der Waals surface area contributed by atoms with Crippen LogP contribution in [0.2, 0.25) is 0 Å². The molecule has 33 heavy (non-hydrogen) atoms. The lowest BCUT2D eigenvalue weighted by Crippen LogP contribution is -2.63. The molecule has 5 rings (SSSR count). The molecule has 0 N–H and O–H groups in total. The molecule has 2 saturated heterocycles. The van der Waals surface area contributed by atoms with Gasteiger partial charge in [-0.2, -0.15) is 0 Å². The number of ether oxygens (including phenoxy) is 1. The van der Waals surface area contributed by atoms with Crippen molar-refractivity contribution >= 4 is 11.8 Å². The first kappa shape index (κ1) is 22.0. The molecule has 0 radical (unpaired) electrons. The fraction of sp³-hybridized carbons (Fsp3) is 0.500. The van der Waals surface area contributed by atoms with E-state index in [4.69, 9.17) is 4.74 Å². The number of piperidine rings is 1. The fourth-order valence-electron chi connectivity index (χ4n) is 7.04.